The van der Waals surface area contributed by atoms with E-state index in [0.29, 0.717) is 17.5 Å². The highest BCUT2D eigenvalue weighted by molar-refractivity contribution is 6.68. The first kappa shape index (κ1) is 31.4. The summed E-state index contributed by atoms with van der Waals surface area (Å²) in [6.07, 6.45) is -1.63. The largest absolute Gasteiger partial charge is 0.462 e. The third kappa shape index (κ3) is 12.5. The van der Waals surface area contributed by atoms with E-state index in [1.807, 2.05) is 0 Å². The average molecular weight is 635 g/mol. The molecule has 1 unspecified atom stereocenters. The molecule has 2 rings (SSSR count). The summed E-state index contributed by atoms with van der Waals surface area (Å²) in [5.41, 5.74) is 3.30. The summed E-state index contributed by atoms with van der Waals surface area (Å²) in [6.45, 7) is -1.16. The zero-order chi connectivity index (χ0) is 27.5. The predicted octanol–water partition coefficient (Wildman–Crippen LogP) is 7.19. The van der Waals surface area contributed by atoms with Gasteiger partial charge in [0, 0.05) is 0 Å². The summed E-state index contributed by atoms with van der Waals surface area (Å²) >= 11 is 34.0. The molecule has 2 aromatic rings. The summed E-state index contributed by atoms with van der Waals surface area (Å²) in [5.74, 6) is -0.496. The lowest BCUT2D eigenvalue weighted by Gasteiger charge is -2.31. The molecule has 2 aromatic carbocycles. The van der Waals surface area contributed by atoms with Crippen molar-refractivity contribution >= 4 is 87.8 Å². The number of esters is 1. The van der Waals surface area contributed by atoms with Crippen molar-refractivity contribution in [2.45, 2.75) is 26.5 Å². The number of hydrogen-bond acceptors (Lipinski definition) is 6. The van der Waals surface area contributed by atoms with E-state index in [0.717, 1.165) is 5.01 Å². The van der Waals surface area contributed by atoms with E-state index in [4.69, 9.17) is 83.8 Å². The van der Waals surface area contributed by atoms with Crippen molar-refractivity contribution in [1.29, 1.82) is 0 Å². The van der Waals surface area contributed by atoms with Gasteiger partial charge in [-0.05, 0) is 30.5 Å². The maximum atomic E-state index is 13.0. The van der Waals surface area contributed by atoms with Crippen LogP contribution in [0.5, 0.6) is 0 Å². The van der Waals surface area contributed by atoms with Gasteiger partial charge in [-0.15, -0.1) is 0 Å². The van der Waals surface area contributed by atoms with Crippen molar-refractivity contribution in [2.75, 3.05) is 19.8 Å². The minimum atomic E-state index is -1.90. The van der Waals surface area contributed by atoms with Crippen LogP contribution in [0.25, 0.3) is 0 Å². The molecule has 0 aliphatic heterocycles. The van der Waals surface area contributed by atoms with Crippen LogP contribution in [-0.4, -0.2) is 50.6 Å². The molecule has 0 bridgehead atoms. The molecule has 0 heterocycles. The van der Waals surface area contributed by atoms with Crippen molar-refractivity contribution in [3.63, 3.8) is 0 Å². The van der Waals surface area contributed by atoms with Crippen LogP contribution < -0.4 is 5.43 Å². The molecule has 0 aromatic heterocycles. The number of benzene rings is 2. The second-order valence-corrected chi connectivity index (χ2v) is 12.4. The van der Waals surface area contributed by atoms with Crippen LogP contribution in [0.15, 0.2) is 60.7 Å². The van der Waals surface area contributed by atoms with Crippen molar-refractivity contribution < 1.29 is 28.6 Å². The Morgan fingerprint density at radius 2 is 1.32 bits per heavy atom. The quantitative estimate of drug-likeness (QED) is 0.103. The molecular weight excluding hydrogens is 613 g/mol. The number of carbonyl (C=O) groups excluding carboxylic acids is 3. The van der Waals surface area contributed by atoms with Crippen LogP contribution in [0, 0.1) is 0 Å². The number of halogens is 6. The smallest absolute Gasteiger partial charge is 0.429 e. The molecule has 0 fully saturated rings. The van der Waals surface area contributed by atoms with Crippen molar-refractivity contribution in [3.8, 4) is 0 Å². The van der Waals surface area contributed by atoms with E-state index in [1.54, 1.807) is 60.7 Å². The number of hydrazine groups is 1. The second-order valence-electron chi connectivity index (χ2n) is 7.41. The van der Waals surface area contributed by atoms with Crippen LogP contribution >= 0.6 is 69.6 Å². The number of rotatable bonds is 9. The van der Waals surface area contributed by atoms with Gasteiger partial charge in [-0.2, -0.15) is 0 Å². The van der Waals surface area contributed by atoms with Gasteiger partial charge >= 0.3 is 18.2 Å². The Hall–Kier alpha value is -1.81. The predicted molar refractivity (Wildman–Crippen MR) is 143 cm³/mol. The molecule has 1 N–H and O–H groups in total. The Balaban J connectivity index is 2.18. The SMILES string of the molecule is O=C(NN(C(=O)OCC(Cl)(Cl)Cl)C(CCCOC(=O)c1ccccc1)c1ccccc1)OCC(Cl)(Cl)Cl. The standard InChI is InChI=1S/C23H22Cl6N2O6/c24-22(25,26)14-36-20(33)30-31(21(34)37-15-23(27,28)29)18(16-8-3-1-4-9-16)12-7-13-35-19(32)17-10-5-2-6-11-17/h1-6,8-11,18H,7,12-15H2,(H,30,33). The minimum Gasteiger partial charge on any atom is -0.462 e. The number of nitrogens with one attached hydrogen (secondary N) is 1. The average Bonchev–Trinajstić information content (AvgIpc) is 2.85. The van der Waals surface area contributed by atoms with Crippen LogP contribution in [-0.2, 0) is 14.2 Å². The highest BCUT2D eigenvalue weighted by Gasteiger charge is 2.32. The maximum Gasteiger partial charge on any atom is 0.429 e. The fourth-order valence-electron chi connectivity index (χ4n) is 2.96. The lowest BCUT2D eigenvalue weighted by Crippen LogP contribution is -2.49. The van der Waals surface area contributed by atoms with Crippen LogP contribution in [0.2, 0.25) is 0 Å². The van der Waals surface area contributed by atoms with Gasteiger partial charge in [-0.25, -0.2) is 24.8 Å². The monoisotopic (exact) mass is 632 g/mol. The lowest BCUT2D eigenvalue weighted by molar-refractivity contribution is 0.0414. The van der Waals surface area contributed by atoms with Gasteiger partial charge in [0.15, 0.2) is 0 Å². The molecule has 1 atom stereocenters. The Kier molecular flexibility index (Phi) is 12.7. The highest BCUT2D eigenvalue weighted by Crippen LogP contribution is 2.29. The molecule has 0 aliphatic carbocycles. The Morgan fingerprint density at radius 3 is 1.89 bits per heavy atom. The minimum absolute atomic E-state index is 0.0335. The van der Waals surface area contributed by atoms with Crippen molar-refractivity contribution in [1.82, 2.24) is 10.4 Å². The molecule has 8 nitrogen and oxygen atoms in total. The van der Waals surface area contributed by atoms with E-state index in [1.165, 1.54) is 0 Å². The van der Waals surface area contributed by atoms with E-state index < -0.39 is 45.0 Å². The summed E-state index contributed by atoms with van der Waals surface area (Å²) in [4.78, 5) is 37.6. The van der Waals surface area contributed by atoms with Crippen molar-refractivity contribution in [2.24, 2.45) is 0 Å². The Morgan fingerprint density at radius 1 is 0.784 bits per heavy atom. The number of amides is 2. The summed E-state index contributed by atoms with van der Waals surface area (Å²) in [6, 6.07) is 16.4. The third-order valence-corrected chi connectivity index (χ3v) is 5.15. The number of ether oxygens (including phenoxy) is 3. The van der Waals surface area contributed by atoms with Crippen LogP contribution in [0.3, 0.4) is 0 Å². The van der Waals surface area contributed by atoms with Gasteiger partial charge in [0.1, 0.15) is 13.2 Å². The van der Waals surface area contributed by atoms with Gasteiger partial charge in [-0.1, -0.05) is 118 Å². The lowest BCUT2D eigenvalue weighted by atomic mass is 10.0. The highest BCUT2D eigenvalue weighted by atomic mass is 35.6. The summed E-state index contributed by atoms with van der Waals surface area (Å²) in [7, 11) is 0. The first-order valence-corrected chi connectivity index (χ1v) is 12.9. The Bertz CT molecular complexity index is 1020. The summed E-state index contributed by atoms with van der Waals surface area (Å²) < 4.78 is 11.5. The van der Waals surface area contributed by atoms with Gasteiger partial charge in [0.2, 0.25) is 7.59 Å². The summed E-state index contributed by atoms with van der Waals surface area (Å²) in [5, 5.41) is 0.867. The number of hydrogen-bond donors (Lipinski definition) is 1. The molecule has 14 heteroatoms. The van der Waals surface area contributed by atoms with Gasteiger partial charge in [0.05, 0.1) is 18.2 Å². The fraction of sp³-hybridized carbons (Fsp3) is 0.348. The Labute approximate surface area is 243 Å². The van der Waals surface area contributed by atoms with Gasteiger partial charge in [0.25, 0.3) is 0 Å². The van der Waals surface area contributed by atoms with Crippen molar-refractivity contribution in [3.05, 3.63) is 71.8 Å². The van der Waals surface area contributed by atoms with E-state index >= 15 is 0 Å². The first-order chi connectivity index (χ1) is 17.4. The van der Waals surface area contributed by atoms with Crippen LogP contribution in [0.4, 0.5) is 9.59 Å². The fourth-order valence-corrected chi connectivity index (χ4v) is 3.29. The molecule has 0 saturated heterocycles. The molecule has 0 spiro atoms. The molecule has 37 heavy (non-hydrogen) atoms. The molecular formula is C23H22Cl6N2O6. The third-order valence-electron chi connectivity index (χ3n) is 4.50. The van der Waals surface area contributed by atoms with Crippen LogP contribution in [0.1, 0.15) is 34.8 Å². The molecule has 0 radical (unpaired) electrons. The molecule has 202 valence electrons. The van der Waals surface area contributed by atoms with Gasteiger partial charge in [-0.3, -0.25) is 0 Å². The second kappa shape index (κ2) is 15.0. The molecule has 2 amide bonds. The zero-order valence-electron chi connectivity index (χ0n) is 19.1. The number of nitrogens with zero attached hydrogens (tertiary/aromatic N) is 1. The molecule has 0 aliphatic rings. The van der Waals surface area contributed by atoms with Gasteiger partial charge < -0.3 is 14.2 Å². The van der Waals surface area contributed by atoms with E-state index in [-0.39, 0.29) is 13.0 Å². The number of alkyl halides is 6. The molecule has 0 saturated carbocycles. The van der Waals surface area contributed by atoms with E-state index in [9.17, 15) is 14.4 Å². The first-order valence-electron chi connectivity index (χ1n) is 10.7. The van der Waals surface area contributed by atoms with E-state index in [2.05, 4.69) is 5.43 Å². The zero-order valence-corrected chi connectivity index (χ0v) is 23.6. The maximum absolute atomic E-state index is 13.0. The topological polar surface area (TPSA) is 94.2 Å². The number of carbonyl (C=O) groups is 3. The normalized spacial score (nSPS) is 12.3.